The van der Waals surface area contributed by atoms with E-state index >= 15 is 0 Å². The summed E-state index contributed by atoms with van der Waals surface area (Å²) >= 11 is 0. The molecule has 0 atom stereocenters. The summed E-state index contributed by atoms with van der Waals surface area (Å²) in [5, 5.41) is 16.6. The van der Waals surface area contributed by atoms with Crippen molar-refractivity contribution in [3.8, 4) is 0 Å². The second kappa shape index (κ2) is 10.5. The van der Waals surface area contributed by atoms with Gasteiger partial charge in [0.15, 0.2) is 0 Å². The summed E-state index contributed by atoms with van der Waals surface area (Å²) in [5.41, 5.74) is 1.43. The largest absolute Gasteiger partial charge is 0.395 e. The van der Waals surface area contributed by atoms with Crippen LogP contribution in [0.3, 0.4) is 0 Å². The van der Waals surface area contributed by atoms with Crippen LogP contribution >= 0.6 is 0 Å². The number of rotatable bonds is 8. The Balaban J connectivity index is 1.67. The molecule has 166 valence electrons. The van der Waals surface area contributed by atoms with E-state index in [0.29, 0.717) is 12.2 Å². The molecule has 10 heteroatoms. The number of urea groups is 1. The van der Waals surface area contributed by atoms with Crippen molar-refractivity contribution in [3.63, 3.8) is 0 Å². The molecule has 0 saturated carbocycles. The lowest BCUT2D eigenvalue weighted by molar-refractivity contribution is 0.0944. The van der Waals surface area contributed by atoms with Crippen LogP contribution in [0.5, 0.6) is 0 Å². The third-order valence-corrected chi connectivity index (χ3v) is 6.17. The number of pyridine rings is 1. The van der Waals surface area contributed by atoms with Crippen LogP contribution in [0, 0.1) is 0 Å². The molecule has 0 aliphatic heterocycles. The lowest BCUT2D eigenvalue weighted by atomic mass is 10.2. The van der Waals surface area contributed by atoms with Gasteiger partial charge in [-0.2, -0.15) is 0 Å². The first-order chi connectivity index (χ1) is 15.4. The van der Waals surface area contributed by atoms with Gasteiger partial charge in [0.05, 0.1) is 16.4 Å². The molecule has 2 aromatic carbocycles. The Labute approximate surface area is 185 Å². The van der Waals surface area contributed by atoms with Crippen LogP contribution in [-0.2, 0) is 16.4 Å². The lowest BCUT2D eigenvalue weighted by Gasteiger charge is -2.10. The second-order valence-electron chi connectivity index (χ2n) is 6.70. The van der Waals surface area contributed by atoms with E-state index in [1.54, 1.807) is 18.5 Å². The average Bonchev–Trinajstić information content (AvgIpc) is 2.82. The van der Waals surface area contributed by atoms with Gasteiger partial charge in [-0.3, -0.25) is 9.78 Å². The molecule has 0 unspecified atom stereocenters. The summed E-state index contributed by atoms with van der Waals surface area (Å²) in [6.07, 6.45) is 3.28. The smallest absolute Gasteiger partial charge is 0.319 e. The van der Waals surface area contributed by atoms with Gasteiger partial charge in [-0.05, 0) is 54.1 Å². The number of sulfone groups is 1. The van der Waals surface area contributed by atoms with E-state index in [0.717, 1.165) is 5.56 Å². The number of aromatic nitrogens is 1. The number of amides is 3. The van der Waals surface area contributed by atoms with Crippen LogP contribution in [0.4, 0.5) is 10.5 Å². The van der Waals surface area contributed by atoms with Crippen LogP contribution < -0.4 is 16.0 Å². The summed E-state index contributed by atoms with van der Waals surface area (Å²) in [6.45, 7) is 0.153. The molecular weight excluding hydrogens is 432 g/mol. The standard InChI is InChI=1S/C22H22N4O5S/c27-12-11-24-21(28)17-4-1-5-20(13-17)32(30,31)19-8-6-18(7-9-19)26-22(29)25-15-16-3-2-10-23-14-16/h1-10,13-14,27H,11-12,15H2,(H,24,28)(H2,25,26,29). The van der Waals surface area contributed by atoms with Crippen molar-refractivity contribution < 1.29 is 23.1 Å². The number of nitrogens with one attached hydrogen (secondary N) is 3. The van der Waals surface area contributed by atoms with E-state index in [1.807, 2.05) is 6.07 Å². The van der Waals surface area contributed by atoms with E-state index in [-0.39, 0.29) is 28.5 Å². The monoisotopic (exact) mass is 454 g/mol. The van der Waals surface area contributed by atoms with Crippen molar-refractivity contribution in [1.82, 2.24) is 15.6 Å². The molecule has 3 rings (SSSR count). The van der Waals surface area contributed by atoms with Gasteiger partial charge in [0.2, 0.25) is 9.84 Å². The summed E-state index contributed by atoms with van der Waals surface area (Å²) in [7, 11) is -3.87. The molecule has 3 amide bonds. The molecule has 0 aliphatic rings. The molecule has 0 radical (unpaired) electrons. The van der Waals surface area contributed by atoms with Gasteiger partial charge >= 0.3 is 6.03 Å². The third kappa shape index (κ3) is 5.90. The SMILES string of the molecule is O=C(NCc1cccnc1)Nc1ccc(S(=O)(=O)c2cccc(C(=O)NCCO)c2)cc1. The first kappa shape index (κ1) is 22.9. The number of nitrogens with zero attached hydrogens (tertiary/aromatic N) is 1. The van der Waals surface area contributed by atoms with E-state index in [9.17, 15) is 18.0 Å². The molecule has 9 nitrogen and oxygen atoms in total. The number of aliphatic hydroxyl groups excluding tert-OH is 1. The molecule has 4 N–H and O–H groups in total. The Morgan fingerprint density at radius 1 is 0.938 bits per heavy atom. The third-order valence-electron chi connectivity index (χ3n) is 4.40. The maximum absolute atomic E-state index is 12.9. The second-order valence-corrected chi connectivity index (χ2v) is 8.65. The van der Waals surface area contributed by atoms with Crippen molar-refractivity contribution in [2.24, 2.45) is 0 Å². The highest BCUT2D eigenvalue weighted by molar-refractivity contribution is 7.91. The van der Waals surface area contributed by atoms with Gasteiger partial charge in [0.25, 0.3) is 5.91 Å². The fourth-order valence-electron chi connectivity index (χ4n) is 2.79. The minimum absolute atomic E-state index is 0.0201. The van der Waals surface area contributed by atoms with E-state index in [2.05, 4.69) is 20.9 Å². The van der Waals surface area contributed by atoms with Gasteiger partial charge in [0, 0.05) is 36.7 Å². The molecule has 1 heterocycles. The van der Waals surface area contributed by atoms with Gasteiger partial charge in [0.1, 0.15) is 0 Å². The summed E-state index contributed by atoms with van der Waals surface area (Å²) < 4.78 is 25.9. The number of carbonyl (C=O) groups excluding carboxylic acids is 2. The molecule has 0 spiro atoms. The molecule has 0 bridgehead atoms. The Morgan fingerprint density at radius 3 is 2.41 bits per heavy atom. The highest BCUT2D eigenvalue weighted by Crippen LogP contribution is 2.23. The van der Waals surface area contributed by atoms with Crippen molar-refractivity contribution in [2.45, 2.75) is 16.3 Å². The summed E-state index contributed by atoms with van der Waals surface area (Å²) in [4.78, 5) is 28.0. The number of benzene rings is 2. The molecule has 0 fully saturated rings. The number of anilines is 1. The van der Waals surface area contributed by atoms with Crippen LogP contribution in [0.2, 0.25) is 0 Å². The number of aliphatic hydroxyl groups is 1. The Kier molecular flexibility index (Phi) is 7.53. The summed E-state index contributed by atoms with van der Waals surface area (Å²) in [6, 6.07) is 14.5. The Hall–Kier alpha value is -3.76. The minimum Gasteiger partial charge on any atom is -0.395 e. The number of carbonyl (C=O) groups is 2. The first-order valence-electron chi connectivity index (χ1n) is 9.68. The molecule has 0 saturated heterocycles. The van der Waals surface area contributed by atoms with Crippen LogP contribution in [-0.4, -0.2) is 43.6 Å². The summed E-state index contributed by atoms with van der Waals surface area (Å²) in [5.74, 6) is -0.479. The van der Waals surface area contributed by atoms with Crippen molar-refractivity contribution in [1.29, 1.82) is 0 Å². The van der Waals surface area contributed by atoms with Gasteiger partial charge < -0.3 is 21.1 Å². The first-order valence-corrected chi connectivity index (χ1v) is 11.2. The number of hydrogen-bond donors (Lipinski definition) is 4. The quantitative estimate of drug-likeness (QED) is 0.411. The zero-order valence-electron chi connectivity index (χ0n) is 17.0. The molecule has 1 aromatic heterocycles. The lowest BCUT2D eigenvalue weighted by Crippen LogP contribution is -2.28. The zero-order chi connectivity index (χ0) is 23.0. The predicted octanol–water partition coefficient (Wildman–Crippen LogP) is 1.96. The highest BCUT2D eigenvalue weighted by atomic mass is 32.2. The van der Waals surface area contributed by atoms with Crippen molar-refractivity contribution >= 4 is 27.5 Å². The van der Waals surface area contributed by atoms with E-state index < -0.39 is 21.8 Å². The highest BCUT2D eigenvalue weighted by Gasteiger charge is 2.19. The predicted molar refractivity (Wildman–Crippen MR) is 118 cm³/mol. The van der Waals surface area contributed by atoms with Gasteiger partial charge in [-0.15, -0.1) is 0 Å². The van der Waals surface area contributed by atoms with Gasteiger partial charge in [-0.1, -0.05) is 12.1 Å². The van der Waals surface area contributed by atoms with Crippen molar-refractivity contribution in [3.05, 3.63) is 84.2 Å². The fourth-order valence-corrected chi connectivity index (χ4v) is 4.10. The Bertz CT molecular complexity index is 1180. The normalized spacial score (nSPS) is 10.9. The van der Waals surface area contributed by atoms with Gasteiger partial charge in [-0.25, -0.2) is 13.2 Å². The topological polar surface area (TPSA) is 137 Å². The van der Waals surface area contributed by atoms with Crippen molar-refractivity contribution in [2.75, 3.05) is 18.5 Å². The van der Waals surface area contributed by atoms with Crippen LogP contribution in [0.25, 0.3) is 0 Å². The van der Waals surface area contributed by atoms with Crippen LogP contribution in [0.15, 0.2) is 82.8 Å². The maximum atomic E-state index is 12.9. The van der Waals surface area contributed by atoms with E-state index in [1.165, 1.54) is 48.5 Å². The maximum Gasteiger partial charge on any atom is 0.319 e. The Morgan fingerprint density at radius 2 is 1.72 bits per heavy atom. The molecule has 0 aliphatic carbocycles. The number of hydrogen-bond acceptors (Lipinski definition) is 6. The fraction of sp³-hybridized carbons (Fsp3) is 0.136. The minimum atomic E-state index is -3.87. The molecule has 3 aromatic rings. The van der Waals surface area contributed by atoms with Crippen LogP contribution in [0.1, 0.15) is 15.9 Å². The van der Waals surface area contributed by atoms with E-state index in [4.69, 9.17) is 5.11 Å². The zero-order valence-corrected chi connectivity index (χ0v) is 17.8. The average molecular weight is 455 g/mol. The molecular formula is C22H22N4O5S. The molecule has 32 heavy (non-hydrogen) atoms.